The van der Waals surface area contributed by atoms with Crippen LogP contribution in [-0.2, 0) is 16.1 Å². The number of hydrogen-bond donors (Lipinski definition) is 1. The lowest BCUT2D eigenvalue weighted by Gasteiger charge is -2.09. The zero-order valence-electron chi connectivity index (χ0n) is 13.9. The Morgan fingerprint density at radius 2 is 2.00 bits per heavy atom. The molecule has 26 heavy (non-hydrogen) atoms. The smallest absolute Gasteiger partial charge is 0.358 e. The Bertz CT molecular complexity index is 890. The van der Waals surface area contributed by atoms with Crippen LogP contribution in [-0.4, -0.2) is 30.6 Å². The Morgan fingerprint density at radius 1 is 1.15 bits per heavy atom. The minimum Gasteiger partial charge on any atom is -0.496 e. The van der Waals surface area contributed by atoms with E-state index >= 15 is 0 Å². The van der Waals surface area contributed by atoms with Crippen molar-refractivity contribution in [2.45, 2.75) is 6.54 Å². The van der Waals surface area contributed by atoms with E-state index in [4.69, 9.17) is 9.47 Å². The number of carbonyl (C=O) groups is 2. The van der Waals surface area contributed by atoms with E-state index in [-0.39, 0.29) is 12.3 Å². The Kier molecular flexibility index (Phi) is 5.98. The molecular formula is C18H16N2O4S2. The summed E-state index contributed by atoms with van der Waals surface area (Å²) < 4.78 is 10.3. The average Bonchev–Trinajstić information content (AvgIpc) is 3.36. The number of methoxy groups -OCH3 is 1. The lowest BCUT2D eigenvalue weighted by atomic mass is 10.2. The molecule has 0 unspecified atom stereocenters. The molecule has 3 rings (SSSR count). The van der Waals surface area contributed by atoms with Crippen molar-refractivity contribution in [3.05, 3.63) is 58.4 Å². The predicted molar refractivity (Wildman–Crippen MR) is 101 cm³/mol. The molecule has 6 nitrogen and oxygen atoms in total. The molecule has 0 radical (unpaired) electrons. The van der Waals surface area contributed by atoms with Gasteiger partial charge in [-0.05, 0) is 17.5 Å². The van der Waals surface area contributed by atoms with E-state index in [0.29, 0.717) is 12.3 Å². The largest absolute Gasteiger partial charge is 0.496 e. The van der Waals surface area contributed by atoms with Gasteiger partial charge in [0.15, 0.2) is 12.3 Å². The van der Waals surface area contributed by atoms with Gasteiger partial charge in [0.05, 0.1) is 12.0 Å². The summed E-state index contributed by atoms with van der Waals surface area (Å²) in [6.45, 7) is -0.0700. The van der Waals surface area contributed by atoms with Crippen molar-refractivity contribution >= 4 is 34.6 Å². The highest BCUT2D eigenvalue weighted by Crippen LogP contribution is 2.27. The topological polar surface area (TPSA) is 77.5 Å². The van der Waals surface area contributed by atoms with Crippen LogP contribution in [0.1, 0.15) is 16.1 Å². The Hall–Kier alpha value is -2.71. The van der Waals surface area contributed by atoms with Crippen LogP contribution in [0.15, 0.2) is 47.2 Å². The summed E-state index contributed by atoms with van der Waals surface area (Å²) in [5.41, 5.74) is 1.05. The van der Waals surface area contributed by atoms with Crippen molar-refractivity contribution in [1.82, 2.24) is 10.3 Å². The summed E-state index contributed by atoms with van der Waals surface area (Å²) in [5, 5.41) is 7.03. The number of thiazole rings is 1. The molecule has 0 saturated heterocycles. The summed E-state index contributed by atoms with van der Waals surface area (Å²) in [7, 11) is 1.57. The molecule has 1 aromatic carbocycles. The lowest BCUT2D eigenvalue weighted by Crippen LogP contribution is -2.28. The maximum atomic E-state index is 12.0. The quantitative estimate of drug-likeness (QED) is 0.628. The molecule has 0 aliphatic rings. The number of nitrogens with zero attached hydrogens (tertiary/aromatic N) is 1. The van der Waals surface area contributed by atoms with Gasteiger partial charge < -0.3 is 14.8 Å². The van der Waals surface area contributed by atoms with Crippen molar-refractivity contribution in [2.24, 2.45) is 0 Å². The molecule has 0 bridgehead atoms. The van der Waals surface area contributed by atoms with Crippen LogP contribution in [0.25, 0.3) is 9.88 Å². The Morgan fingerprint density at radius 3 is 2.77 bits per heavy atom. The van der Waals surface area contributed by atoms with Gasteiger partial charge in [-0.25, -0.2) is 9.78 Å². The van der Waals surface area contributed by atoms with Gasteiger partial charge in [0.25, 0.3) is 5.91 Å². The second-order valence-electron chi connectivity index (χ2n) is 5.18. The van der Waals surface area contributed by atoms with Crippen molar-refractivity contribution < 1.29 is 19.1 Å². The highest BCUT2D eigenvalue weighted by molar-refractivity contribution is 7.20. The number of esters is 1. The summed E-state index contributed by atoms with van der Waals surface area (Å²) in [6.07, 6.45) is 0. The number of amides is 1. The normalized spacial score (nSPS) is 10.3. The molecule has 3 aromatic rings. The second kappa shape index (κ2) is 8.59. The molecule has 0 aliphatic carbocycles. The second-order valence-corrected chi connectivity index (χ2v) is 6.99. The molecule has 1 amide bonds. The summed E-state index contributed by atoms with van der Waals surface area (Å²) in [5.74, 6) is -0.317. The molecule has 0 spiro atoms. The van der Waals surface area contributed by atoms with E-state index in [1.807, 2.05) is 41.8 Å². The van der Waals surface area contributed by atoms with Crippen LogP contribution >= 0.6 is 22.7 Å². The fourth-order valence-corrected chi connectivity index (χ4v) is 3.78. The first kappa shape index (κ1) is 18.1. The van der Waals surface area contributed by atoms with Crippen LogP contribution in [0.3, 0.4) is 0 Å². The number of carbonyl (C=O) groups excluding carboxylic acids is 2. The number of nitrogens with one attached hydrogen (secondary N) is 1. The number of thiophene rings is 1. The monoisotopic (exact) mass is 388 g/mol. The first-order valence-electron chi connectivity index (χ1n) is 7.72. The van der Waals surface area contributed by atoms with Crippen LogP contribution in [0, 0.1) is 0 Å². The van der Waals surface area contributed by atoms with Crippen molar-refractivity contribution in [2.75, 3.05) is 13.7 Å². The SMILES string of the molecule is COc1ccccc1CNC(=O)COC(=O)c1csc(-c2cccs2)n1. The van der Waals surface area contributed by atoms with E-state index in [1.165, 1.54) is 11.3 Å². The highest BCUT2D eigenvalue weighted by Gasteiger charge is 2.15. The van der Waals surface area contributed by atoms with Gasteiger partial charge in [-0.1, -0.05) is 24.3 Å². The molecule has 0 saturated carbocycles. The fourth-order valence-electron chi connectivity index (χ4n) is 2.18. The molecule has 0 atom stereocenters. The van der Waals surface area contributed by atoms with Crippen LogP contribution in [0.4, 0.5) is 0 Å². The Labute approximate surface area is 158 Å². The van der Waals surface area contributed by atoms with Gasteiger partial charge in [0.2, 0.25) is 0 Å². The van der Waals surface area contributed by atoms with Crippen molar-refractivity contribution in [1.29, 1.82) is 0 Å². The van der Waals surface area contributed by atoms with E-state index in [0.717, 1.165) is 15.4 Å². The summed E-state index contributed by atoms with van der Waals surface area (Å²) in [6, 6.07) is 11.2. The van der Waals surface area contributed by atoms with E-state index in [2.05, 4.69) is 10.3 Å². The van der Waals surface area contributed by atoms with E-state index < -0.39 is 11.9 Å². The van der Waals surface area contributed by atoms with Crippen molar-refractivity contribution in [3.8, 4) is 15.6 Å². The highest BCUT2D eigenvalue weighted by atomic mass is 32.1. The minimum absolute atomic E-state index is 0.205. The van der Waals surface area contributed by atoms with Crippen LogP contribution < -0.4 is 10.1 Å². The third kappa shape index (κ3) is 4.47. The Balaban J connectivity index is 1.49. The average molecular weight is 388 g/mol. The fraction of sp³-hybridized carbons (Fsp3) is 0.167. The number of hydrogen-bond acceptors (Lipinski definition) is 7. The first-order valence-corrected chi connectivity index (χ1v) is 9.48. The molecule has 2 aromatic heterocycles. The van der Waals surface area contributed by atoms with Gasteiger partial charge >= 0.3 is 5.97 Å². The zero-order chi connectivity index (χ0) is 18.4. The molecule has 8 heteroatoms. The van der Waals surface area contributed by atoms with E-state index in [1.54, 1.807) is 23.8 Å². The summed E-state index contributed by atoms with van der Waals surface area (Å²) in [4.78, 5) is 29.2. The first-order chi connectivity index (χ1) is 12.7. The third-order valence-corrected chi connectivity index (χ3v) is 5.33. The molecular weight excluding hydrogens is 372 g/mol. The number of aromatic nitrogens is 1. The van der Waals surface area contributed by atoms with Gasteiger partial charge in [0, 0.05) is 17.5 Å². The van der Waals surface area contributed by atoms with Crippen LogP contribution in [0.2, 0.25) is 0 Å². The standard InChI is InChI=1S/C18H16N2O4S2/c1-23-14-6-3-2-5-12(14)9-19-16(21)10-24-18(22)13-11-26-17(20-13)15-7-4-8-25-15/h2-8,11H,9-10H2,1H3,(H,19,21). The molecule has 0 aliphatic heterocycles. The third-order valence-electron chi connectivity index (χ3n) is 3.45. The van der Waals surface area contributed by atoms with Gasteiger partial charge in [-0.3, -0.25) is 4.79 Å². The number of ether oxygens (including phenoxy) is 2. The maximum absolute atomic E-state index is 12.0. The summed E-state index contributed by atoms with van der Waals surface area (Å²) >= 11 is 2.91. The van der Waals surface area contributed by atoms with Crippen molar-refractivity contribution in [3.63, 3.8) is 0 Å². The maximum Gasteiger partial charge on any atom is 0.358 e. The molecule has 2 heterocycles. The lowest BCUT2D eigenvalue weighted by molar-refractivity contribution is -0.124. The van der Waals surface area contributed by atoms with Crippen LogP contribution in [0.5, 0.6) is 5.75 Å². The minimum atomic E-state index is -0.614. The van der Waals surface area contributed by atoms with Gasteiger partial charge in [-0.15, -0.1) is 22.7 Å². The number of para-hydroxylation sites is 1. The van der Waals surface area contributed by atoms with Gasteiger partial charge in [0.1, 0.15) is 10.8 Å². The predicted octanol–water partition coefficient (Wildman–Crippen LogP) is 3.35. The number of benzene rings is 1. The zero-order valence-corrected chi connectivity index (χ0v) is 15.6. The molecule has 134 valence electrons. The molecule has 0 fully saturated rings. The van der Waals surface area contributed by atoms with E-state index in [9.17, 15) is 9.59 Å². The molecule has 1 N–H and O–H groups in total. The van der Waals surface area contributed by atoms with Gasteiger partial charge in [-0.2, -0.15) is 0 Å². The number of rotatable bonds is 7.